The molecule has 0 atom stereocenters. The third-order valence-corrected chi connectivity index (χ3v) is 8.50. The zero-order valence-corrected chi connectivity index (χ0v) is 22.1. The van der Waals surface area contributed by atoms with E-state index >= 15 is 0 Å². The number of carbonyl (C=O) groups excluding carboxylic acids is 1. The highest BCUT2D eigenvalue weighted by molar-refractivity contribution is 7.22. The van der Waals surface area contributed by atoms with Crippen molar-refractivity contribution in [3.8, 4) is 0 Å². The molecule has 1 aromatic carbocycles. The summed E-state index contributed by atoms with van der Waals surface area (Å²) in [4.78, 5) is 32.8. The molecule has 1 amide bonds. The summed E-state index contributed by atoms with van der Waals surface area (Å²) in [6.07, 6.45) is 1.59. The van der Waals surface area contributed by atoms with Crippen molar-refractivity contribution in [2.24, 2.45) is 0 Å². The molecule has 0 fully saturated rings. The summed E-state index contributed by atoms with van der Waals surface area (Å²) in [7, 11) is 3.45. The van der Waals surface area contributed by atoms with E-state index in [2.05, 4.69) is 45.9 Å². The van der Waals surface area contributed by atoms with Crippen molar-refractivity contribution in [2.45, 2.75) is 19.3 Å². The van der Waals surface area contributed by atoms with Gasteiger partial charge in [0, 0.05) is 24.9 Å². The van der Waals surface area contributed by atoms with Crippen LogP contribution in [0.15, 0.2) is 41.2 Å². The van der Waals surface area contributed by atoms with Crippen LogP contribution in [0.4, 0.5) is 20.5 Å². The Morgan fingerprint density at radius 2 is 1.53 bits per heavy atom. The first-order valence-electron chi connectivity index (χ1n) is 10.3. The number of para-hydroxylation sites is 1. The number of aromatic nitrogens is 4. The second-order valence-electron chi connectivity index (χ2n) is 8.17. The number of benzene rings is 1. The van der Waals surface area contributed by atoms with Crippen LogP contribution in [-0.2, 0) is 5.41 Å². The molecule has 4 heterocycles. The molecule has 0 saturated carbocycles. The van der Waals surface area contributed by atoms with E-state index in [0.717, 1.165) is 37.0 Å². The summed E-state index contributed by atoms with van der Waals surface area (Å²) < 4.78 is 1.14. The number of hydrogen-bond donors (Lipinski definition) is 2. The molecule has 5 rings (SSSR count). The smallest absolute Gasteiger partial charge is 0.265 e. The van der Waals surface area contributed by atoms with Gasteiger partial charge in [-0.25, -0.2) is 19.9 Å². The van der Waals surface area contributed by atoms with E-state index in [1.807, 2.05) is 23.6 Å². The van der Waals surface area contributed by atoms with Crippen molar-refractivity contribution >= 4 is 82.0 Å². The fourth-order valence-corrected chi connectivity index (χ4v) is 6.71. The Morgan fingerprint density at radius 3 is 2.18 bits per heavy atom. The molecular weight excluding hydrogens is 507 g/mol. The zero-order chi connectivity index (χ0) is 23.9. The van der Waals surface area contributed by atoms with Crippen LogP contribution in [0.25, 0.3) is 10.2 Å². The van der Waals surface area contributed by atoms with Crippen LogP contribution in [0.1, 0.15) is 34.9 Å². The number of hydrogen-bond acceptors (Lipinski definition) is 11. The number of fused-ring (bicyclic) bond motifs is 1. The molecule has 5 aromatic rings. The first-order chi connectivity index (χ1) is 16.3. The quantitative estimate of drug-likeness (QED) is 0.261. The second-order valence-corrected chi connectivity index (χ2v) is 11.9. The van der Waals surface area contributed by atoms with Crippen molar-refractivity contribution in [3.63, 3.8) is 0 Å². The molecular formula is C22H21N7OS4. The van der Waals surface area contributed by atoms with E-state index in [1.54, 1.807) is 43.0 Å². The maximum atomic E-state index is 12.1. The Labute approximate surface area is 212 Å². The number of carbonyl (C=O) groups is 1. The summed E-state index contributed by atoms with van der Waals surface area (Å²) in [5, 5.41) is 13.6. The van der Waals surface area contributed by atoms with Gasteiger partial charge < -0.3 is 15.5 Å². The minimum Gasteiger partial charge on any atom is -0.344 e. The molecule has 12 heteroatoms. The van der Waals surface area contributed by atoms with Gasteiger partial charge in [0.15, 0.2) is 20.5 Å². The van der Waals surface area contributed by atoms with Crippen LogP contribution in [0.2, 0.25) is 0 Å². The van der Waals surface area contributed by atoms with Gasteiger partial charge in [0.2, 0.25) is 0 Å². The van der Waals surface area contributed by atoms with Crippen LogP contribution in [0.3, 0.4) is 0 Å². The van der Waals surface area contributed by atoms with E-state index in [4.69, 9.17) is 9.97 Å². The molecule has 4 aromatic heterocycles. The Bertz CT molecular complexity index is 1430. The Morgan fingerprint density at radius 1 is 0.882 bits per heavy atom. The zero-order valence-electron chi connectivity index (χ0n) is 18.8. The van der Waals surface area contributed by atoms with Crippen LogP contribution in [-0.4, -0.2) is 44.8 Å². The predicted molar refractivity (Wildman–Crippen MR) is 143 cm³/mol. The number of thiazole rings is 4. The topological polar surface area (TPSA) is 95.9 Å². The lowest BCUT2D eigenvalue weighted by Crippen LogP contribution is -2.20. The highest BCUT2D eigenvalue weighted by Crippen LogP contribution is 2.37. The minimum atomic E-state index is -0.380. The number of amides is 1. The normalized spacial score (nSPS) is 11.6. The lowest BCUT2D eigenvalue weighted by atomic mass is 9.87. The molecule has 0 saturated heterocycles. The van der Waals surface area contributed by atoms with Crippen molar-refractivity contribution in [1.82, 2.24) is 24.8 Å². The summed E-state index contributed by atoms with van der Waals surface area (Å²) in [5.74, 6) is -0.0645. The molecule has 0 aliphatic heterocycles. The average molecular weight is 528 g/mol. The fourth-order valence-electron chi connectivity index (χ4n) is 3.13. The van der Waals surface area contributed by atoms with Crippen LogP contribution in [0, 0.1) is 0 Å². The van der Waals surface area contributed by atoms with E-state index in [1.165, 1.54) is 27.6 Å². The summed E-state index contributed by atoms with van der Waals surface area (Å²) in [6.45, 7) is 4.22. The largest absolute Gasteiger partial charge is 0.344 e. The van der Waals surface area contributed by atoms with Gasteiger partial charge in [0.05, 0.1) is 33.2 Å². The average Bonchev–Trinajstić information content (AvgIpc) is 3.60. The maximum absolute atomic E-state index is 12.1. The predicted octanol–water partition coefficient (Wildman–Crippen LogP) is 6.18. The third-order valence-electron chi connectivity index (χ3n) is 5.13. The van der Waals surface area contributed by atoms with Gasteiger partial charge in [-0.1, -0.05) is 34.8 Å². The lowest BCUT2D eigenvalue weighted by Gasteiger charge is -2.19. The van der Waals surface area contributed by atoms with Crippen molar-refractivity contribution in [3.05, 3.63) is 57.5 Å². The van der Waals surface area contributed by atoms with Gasteiger partial charge in [0.25, 0.3) is 5.91 Å². The monoisotopic (exact) mass is 527 g/mol. The highest BCUT2D eigenvalue weighted by atomic mass is 32.1. The van der Waals surface area contributed by atoms with E-state index in [9.17, 15) is 4.79 Å². The molecule has 0 radical (unpaired) electrons. The highest BCUT2D eigenvalue weighted by Gasteiger charge is 2.29. The SMILES string of the molecule is CN(C)C(=O)c1cnc(Nc2nc(C(C)(C)c3csc(Nc4nc5ccccc5s4)n3)cs2)s1. The maximum Gasteiger partial charge on any atom is 0.265 e. The summed E-state index contributed by atoms with van der Waals surface area (Å²) >= 11 is 5.98. The first-order valence-corrected chi connectivity index (χ1v) is 13.7. The summed E-state index contributed by atoms with van der Waals surface area (Å²) in [5.41, 5.74) is 2.45. The number of nitrogens with zero attached hydrogens (tertiary/aromatic N) is 5. The molecule has 0 bridgehead atoms. The lowest BCUT2D eigenvalue weighted by molar-refractivity contribution is 0.0832. The summed E-state index contributed by atoms with van der Waals surface area (Å²) in [6, 6.07) is 8.08. The van der Waals surface area contributed by atoms with Gasteiger partial charge in [-0.3, -0.25) is 4.79 Å². The number of nitrogens with one attached hydrogen (secondary N) is 2. The van der Waals surface area contributed by atoms with Crippen molar-refractivity contribution in [2.75, 3.05) is 24.7 Å². The molecule has 0 aliphatic carbocycles. The molecule has 8 nitrogen and oxygen atoms in total. The van der Waals surface area contributed by atoms with Gasteiger partial charge in [-0.15, -0.1) is 22.7 Å². The molecule has 0 aliphatic rings. The van der Waals surface area contributed by atoms with Gasteiger partial charge in [-0.2, -0.15) is 0 Å². The van der Waals surface area contributed by atoms with Crippen LogP contribution < -0.4 is 10.6 Å². The molecule has 0 spiro atoms. The van der Waals surface area contributed by atoms with Crippen LogP contribution in [0.5, 0.6) is 0 Å². The fraction of sp³-hybridized carbons (Fsp3) is 0.227. The van der Waals surface area contributed by atoms with E-state index in [0.29, 0.717) is 10.0 Å². The standard InChI is InChI=1S/C22H21N7OS4/c1-22(2,15-10-31-19(25-15)27-18-23-9-14(34-18)17(30)29(3)4)16-11-32-20(26-16)28-21-24-12-7-5-6-8-13(12)33-21/h5-11H,1-4H3,(H,23,25,27)(H,24,26,28). The molecule has 0 unspecified atom stereocenters. The van der Waals surface area contributed by atoms with Gasteiger partial charge >= 0.3 is 0 Å². The van der Waals surface area contributed by atoms with E-state index in [-0.39, 0.29) is 11.3 Å². The Hall–Kier alpha value is -2.93. The third kappa shape index (κ3) is 4.53. The van der Waals surface area contributed by atoms with Gasteiger partial charge in [0.1, 0.15) is 4.88 Å². The van der Waals surface area contributed by atoms with E-state index < -0.39 is 0 Å². The molecule has 34 heavy (non-hydrogen) atoms. The van der Waals surface area contributed by atoms with Crippen LogP contribution >= 0.6 is 45.3 Å². The minimum absolute atomic E-state index is 0.0645. The number of anilines is 4. The second kappa shape index (κ2) is 9.02. The van der Waals surface area contributed by atoms with Gasteiger partial charge in [-0.05, 0) is 26.0 Å². The molecule has 174 valence electrons. The molecule has 2 N–H and O–H groups in total. The Balaban J connectivity index is 1.30. The Kier molecular flexibility index (Phi) is 6.06. The van der Waals surface area contributed by atoms with Crippen molar-refractivity contribution in [1.29, 1.82) is 0 Å². The first kappa shape index (κ1) is 22.8. The number of rotatable bonds is 7. The van der Waals surface area contributed by atoms with Crippen molar-refractivity contribution < 1.29 is 4.79 Å².